The second-order valence-electron chi connectivity index (χ2n) is 5.54. The summed E-state index contributed by atoms with van der Waals surface area (Å²) >= 11 is 0. The van der Waals surface area contributed by atoms with Crippen molar-refractivity contribution in [3.05, 3.63) is 77.1 Å². The van der Waals surface area contributed by atoms with Gasteiger partial charge in [-0.25, -0.2) is 8.78 Å². The van der Waals surface area contributed by atoms with E-state index in [1.165, 1.54) is 12.1 Å². The SMILES string of the molecule is CN(Cc1ccc(F)cc1F)Cc1cn2ccccc2c1C#N. The van der Waals surface area contributed by atoms with Gasteiger partial charge in [0, 0.05) is 42.7 Å². The Morgan fingerprint density at radius 2 is 1.91 bits per heavy atom. The molecule has 0 radical (unpaired) electrons. The molecule has 0 saturated heterocycles. The van der Waals surface area contributed by atoms with Gasteiger partial charge in [0.05, 0.1) is 11.1 Å². The van der Waals surface area contributed by atoms with Gasteiger partial charge in [-0.15, -0.1) is 0 Å². The average Bonchev–Trinajstić information content (AvgIpc) is 2.87. The molecule has 0 amide bonds. The van der Waals surface area contributed by atoms with Gasteiger partial charge in [0.2, 0.25) is 0 Å². The van der Waals surface area contributed by atoms with Crippen LogP contribution in [0, 0.1) is 23.0 Å². The topological polar surface area (TPSA) is 31.4 Å². The van der Waals surface area contributed by atoms with Crippen LogP contribution in [0.1, 0.15) is 16.7 Å². The van der Waals surface area contributed by atoms with Crippen LogP contribution in [-0.2, 0) is 13.1 Å². The molecule has 5 heteroatoms. The molecule has 116 valence electrons. The van der Waals surface area contributed by atoms with Crippen LogP contribution >= 0.6 is 0 Å². The molecule has 2 aromatic heterocycles. The van der Waals surface area contributed by atoms with Gasteiger partial charge in [0.25, 0.3) is 0 Å². The van der Waals surface area contributed by atoms with Gasteiger partial charge in [-0.3, -0.25) is 4.90 Å². The molecule has 3 nitrogen and oxygen atoms in total. The fourth-order valence-electron chi connectivity index (χ4n) is 2.71. The Labute approximate surface area is 133 Å². The standard InChI is InChI=1S/C18H15F2N3/c1-22(10-13-5-6-15(19)8-17(13)20)11-14-12-23-7-3-2-4-18(23)16(14)9-21/h2-8,12H,10-11H2,1H3. The average molecular weight is 311 g/mol. The number of rotatable bonds is 4. The minimum absolute atomic E-state index is 0.336. The van der Waals surface area contributed by atoms with Crippen molar-refractivity contribution in [2.75, 3.05) is 7.05 Å². The van der Waals surface area contributed by atoms with Crippen molar-refractivity contribution in [2.24, 2.45) is 0 Å². The van der Waals surface area contributed by atoms with E-state index in [1.54, 1.807) is 0 Å². The van der Waals surface area contributed by atoms with Crippen molar-refractivity contribution in [3.8, 4) is 6.07 Å². The van der Waals surface area contributed by atoms with Crippen LogP contribution in [-0.4, -0.2) is 16.3 Å². The minimum atomic E-state index is -0.584. The number of hydrogen-bond acceptors (Lipinski definition) is 2. The highest BCUT2D eigenvalue weighted by atomic mass is 19.1. The molecule has 23 heavy (non-hydrogen) atoms. The van der Waals surface area contributed by atoms with E-state index < -0.39 is 11.6 Å². The molecule has 0 saturated carbocycles. The van der Waals surface area contributed by atoms with Crippen molar-refractivity contribution in [2.45, 2.75) is 13.1 Å². The first-order valence-electron chi connectivity index (χ1n) is 7.19. The van der Waals surface area contributed by atoms with E-state index in [1.807, 2.05) is 46.9 Å². The van der Waals surface area contributed by atoms with Crippen LogP contribution in [0.4, 0.5) is 8.78 Å². The van der Waals surface area contributed by atoms with Gasteiger partial charge in [-0.2, -0.15) is 5.26 Å². The molecule has 0 aliphatic carbocycles. The molecule has 2 heterocycles. The molecule has 0 aliphatic heterocycles. The first kappa shape index (κ1) is 15.2. The number of hydrogen-bond donors (Lipinski definition) is 0. The Bertz CT molecular complexity index is 893. The van der Waals surface area contributed by atoms with Crippen LogP contribution in [0.25, 0.3) is 5.52 Å². The Morgan fingerprint density at radius 1 is 1.13 bits per heavy atom. The van der Waals surface area contributed by atoms with Crippen molar-refractivity contribution in [1.82, 2.24) is 9.30 Å². The summed E-state index contributed by atoms with van der Waals surface area (Å²) in [6.45, 7) is 0.838. The lowest BCUT2D eigenvalue weighted by molar-refractivity contribution is 0.313. The molecule has 1 aromatic carbocycles. The number of nitriles is 1. The number of nitrogens with zero attached hydrogens (tertiary/aromatic N) is 3. The zero-order valence-corrected chi connectivity index (χ0v) is 12.6. The largest absolute Gasteiger partial charge is 0.322 e. The molecule has 0 aliphatic rings. The lowest BCUT2D eigenvalue weighted by atomic mass is 10.1. The molecule has 0 spiro atoms. The van der Waals surface area contributed by atoms with Crippen molar-refractivity contribution in [3.63, 3.8) is 0 Å². The van der Waals surface area contributed by atoms with E-state index in [4.69, 9.17) is 0 Å². The van der Waals surface area contributed by atoms with E-state index in [9.17, 15) is 14.0 Å². The maximum atomic E-state index is 13.7. The molecule has 3 rings (SSSR count). The number of aromatic nitrogens is 1. The summed E-state index contributed by atoms with van der Waals surface area (Å²) in [5, 5.41) is 9.40. The van der Waals surface area contributed by atoms with Gasteiger partial charge in [-0.05, 0) is 25.2 Å². The maximum Gasteiger partial charge on any atom is 0.130 e. The summed E-state index contributed by atoms with van der Waals surface area (Å²) < 4.78 is 28.6. The van der Waals surface area contributed by atoms with Crippen LogP contribution in [0.2, 0.25) is 0 Å². The highest BCUT2D eigenvalue weighted by Gasteiger charge is 2.13. The minimum Gasteiger partial charge on any atom is -0.322 e. The number of halogens is 2. The van der Waals surface area contributed by atoms with E-state index in [2.05, 4.69) is 6.07 Å². The summed E-state index contributed by atoms with van der Waals surface area (Å²) in [6, 6.07) is 11.5. The van der Waals surface area contributed by atoms with Gasteiger partial charge >= 0.3 is 0 Å². The zero-order chi connectivity index (χ0) is 16.4. The molecule has 0 fully saturated rings. The van der Waals surface area contributed by atoms with Gasteiger partial charge in [0.15, 0.2) is 0 Å². The zero-order valence-electron chi connectivity index (χ0n) is 12.6. The third kappa shape index (κ3) is 3.08. The van der Waals surface area contributed by atoms with Crippen LogP contribution in [0.3, 0.4) is 0 Å². The van der Waals surface area contributed by atoms with E-state index in [0.717, 1.165) is 17.1 Å². The van der Waals surface area contributed by atoms with E-state index in [0.29, 0.717) is 24.2 Å². The number of fused-ring (bicyclic) bond motifs is 1. The van der Waals surface area contributed by atoms with Gasteiger partial charge in [-0.1, -0.05) is 12.1 Å². The molecular formula is C18H15F2N3. The fraction of sp³-hybridized carbons (Fsp3) is 0.167. The maximum absolute atomic E-state index is 13.7. The Kier molecular flexibility index (Phi) is 4.09. The predicted octanol–water partition coefficient (Wildman–Crippen LogP) is 3.72. The van der Waals surface area contributed by atoms with E-state index >= 15 is 0 Å². The number of pyridine rings is 1. The first-order chi connectivity index (χ1) is 11.1. The summed E-state index contributed by atoms with van der Waals surface area (Å²) in [5.74, 6) is -1.14. The van der Waals surface area contributed by atoms with Crippen molar-refractivity contribution >= 4 is 5.52 Å². The quantitative estimate of drug-likeness (QED) is 0.735. The summed E-state index contributed by atoms with van der Waals surface area (Å²) in [5.41, 5.74) is 2.78. The lowest BCUT2D eigenvalue weighted by Gasteiger charge is -2.16. The molecular weight excluding hydrogens is 296 g/mol. The van der Waals surface area contributed by atoms with Gasteiger partial charge < -0.3 is 4.40 Å². The number of benzene rings is 1. The van der Waals surface area contributed by atoms with Crippen LogP contribution in [0.15, 0.2) is 48.8 Å². The fourth-order valence-corrected chi connectivity index (χ4v) is 2.71. The molecule has 3 aromatic rings. The second-order valence-corrected chi connectivity index (χ2v) is 5.54. The highest BCUT2D eigenvalue weighted by molar-refractivity contribution is 5.65. The van der Waals surface area contributed by atoms with Crippen LogP contribution in [0.5, 0.6) is 0 Å². The van der Waals surface area contributed by atoms with Gasteiger partial charge in [0.1, 0.15) is 17.7 Å². The molecule has 0 unspecified atom stereocenters. The Balaban J connectivity index is 1.83. The molecule has 0 N–H and O–H groups in total. The second kappa shape index (κ2) is 6.19. The Morgan fingerprint density at radius 3 is 2.65 bits per heavy atom. The smallest absolute Gasteiger partial charge is 0.130 e. The highest BCUT2D eigenvalue weighted by Crippen LogP contribution is 2.20. The summed E-state index contributed by atoms with van der Waals surface area (Å²) in [4.78, 5) is 1.89. The summed E-state index contributed by atoms with van der Waals surface area (Å²) in [6.07, 6.45) is 3.80. The monoisotopic (exact) mass is 311 g/mol. The molecule has 0 atom stereocenters. The predicted molar refractivity (Wildman–Crippen MR) is 83.6 cm³/mol. The molecule has 0 bridgehead atoms. The van der Waals surface area contributed by atoms with Crippen LogP contribution < -0.4 is 0 Å². The van der Waals surface area contributed by atoms with E-state index in [-0.39, 0.29) is 0 Å². The normalized spacial score (nSPS) is 11.1. The van der Waals surface area contributed by atoms with Crippen molar-refractivity contribution in [1.29, 1.82) is 5.26 Å². The first-order valence-corrected chi connectivity index (χ1v) is 7.19. The third-order valence-electron chi connectivity index (χ3n) is 3.77. The Hall–Kier alpha value is -2.71. The summed E-state index contributed by atoms with van der Waals surface area (Å²) in [7, 11) is 1.84. The third-order valence-corrected chi connectivity index (χ3v) is 3.77. The van der Waals surface area contributed by atoms with Crippen molar-refractivity contribution < 1.29 is 8.78 Å². The lowest BCUT2D eigenvalue weighted by Crippen LogP contribution is -2.18.